The molecule has 1 aromatic rings. The highest BCUT2D eigenvalue weighted by molar-refractivity contribution is 5.39. The van der Waals surface area contributed by atoms with Crippen LogP contribution >= 0.6 is 0 Å². The Morgan fingerprint density at radius 1 is 1.35 bits per heavy atom. The Morgan fingerprint density at radius 3 is 2.71 bits per heavy atom. The van der Waals surface area contributed by atoms with Crippen molar-refractivity contribution in [2.75, 3.05) is 20.8 Å². The number of rotatable bonds is 7. The second kappa shape index (κ2) is 7.27. The van der Waals surface area contributed by atoms with Gasteiger partial charge in [0.25, 0.3) is 0 Å². The van der Waals surface area contributed by atoms with E-state index in [0.29, 0.717) is 0 Å². The lowest BCUT2D eigenvalue weighted by molar-refractivity contribution is 0.188. The smallest absolute Gasteiger partial charge is 0.123 e. The van der Waals surface area contributed by atoms with E-state index in [1.165, 1.54) is 5.56 Å². The maximum Gasteiger partial charge on any atom is 0.123 e. The van der Waals surface area contributed by atoms with Gasteiger partial charge in [-0.05, 0) is 25.8 Å². The fourth-order valence-corrected chi connectivity index (χ4v) is 1.89. The van der Waals surface area contributed by atoms with Gasteiger partial charge in [-0.2, -0.15) is 0 Å². The molecule has 0 aliphatic rings. The van der Waals surface area contributed by atoms with Crippen LogP contribution in [0.2, 0.25) is 0 Å². The van der Waals surface area contributed by atoms with Crippen LogP contribution in [-0.2, 0) is 4.74 Å². The number of hydrogen-bond donors (Lipinski definition) is 2. The van der Waals surface area contributed by atoms with Crippen molar-refractivity contribution in [1.29, 1.82) is 0 Å². The summed E-state index contributed by atoms with van der Waals surface area (Å²) in [5, 5.41) is 0. The summed E-state index contributed by atoms with van der Waals surface area (Å²) >= 11 is 0. The molecule has 0 amide bonds. The van der Waals surface area contributed by atoms with Crippen LogP contribution in [0.15, 0.2) is 18.2 Å². The third-order valence-electron chi connectivity index (χ3n) is 2.80. The van der Waals surface area contributed by atoms with Crippen LogP contribution in [0.5, 0.6) is 5.75 Å². The predicted molar refractivity (Wildman–Crippen MR) is 68.9 cm³/mol. The number of ether oxygens (including phenoxy) is 2. The highest BCUT2D eigenvalue weighted by atomic mass is 16.5. The predicted octanol–water partition coefficient (Wildman–Crippen LogP) is 1.93. The minimum absolute atomic E-state index is 0.0972. The molecule has 1 aromatic carbocycles. The second-order valence-electron chi connectivity index (χ2n) is 4.10. The van der Waals surface area contributed by atoms with Gasteiger partial charge < -0.3 is 9.47 Å². The molecule has 0 heterocycles. The largest absolute Gasteiger partial charge is 0.496 e. The monoisotopic (exact) mass is 238 g/mol. The first kappa shape index (κ1) is 14.0. The van der Waals surface area contributed by atoms with Crippen LogP contribution in [0.3, 0.4) is 0 Å². The summed E-state index contributed by atoms with van der Waals surface area (Å²) in [5.74, 6) is 6.49. The molecule has 96 valence electrons. The van der Waals surface area contributed by atoms with Gasteiger partial charge in [-0.15, -0.1) is 0 Å². The van der Waals surface area contributed by atoms with Crippen molar-refractivity contribution in [2.45, 2.75) is 25.8 Å². The van der Waals surface area contributed by atoms with E-state index in [1.807, 2.05) is 12.1 Å². The summed E-state index contributed by atoms with van der Waals surface area (Å²) in [6, 6.07) is 6.21. The SMILES string of the molecule is COCCCC(NN)c1cc(C)ccc1OC. The standard InChI is InChI=1S/C13H22N2O2/c1-10-6-7-13(17-3)11(9-10)12(15-14)5-4-8-16-2/h6-7,9,12,15H,4-5,8,14H2,1-3H3. The zero-order chi connectivity index (χ0) is 12.7. The van der Waals surface area contributed by atoms with Crippen molar-refractivity contribution < 1.29 is 9.47 Å². The van der Waals surface area contributed by atoms with Gasteiger partial charge in [-0.25, -0.2) is 0 Å². The molecular weight excluding hydrogens is 216 g/mol. The van der Waals surface area contributed by atoms with Crippen LogP contribution in [0.25, 0.3) is 0 Å². The van der Waals surface area contributed by atoms with E-state index in [9.17, 15) is 0 Å². The third kappa shape index (κ3) is 4.00. The fraction of sp³-hybridized carbons (Fsp3) is 0.538. The van der Waals surface area contributed by atoms with Crippen LogP contribution in [-0.4, -0.2) is 20.8 Å². The molecule has 4 nitrogen and oxygen atoms in total. The number of nitrogens with two attached hydrogens (primary N) is 1. The van der Waals surface area contributed by atoms with Crippen LogP contribution in [0, 0.1) is 6.92 Å². The quantitative estimate of drug-likeness (QED) is 0.433. The van der Waals surface area contributed by atoms with Crippen LogP contribution in [0.4, 0.5) is 0 Å². The van der Waals surface area contributed by atoms with Crippen molar-refractivity contribution in [3.05, 3.63) is 29.3 Å². The average molecular weight is 238 g/mol. The molecule has 4 heteroatoms. The molecule has 0 radical (unpaired) electrons. The summed E-state index contributed by atoms with van der Waals surface area (Å²) < 4.78 is 10.4. The second-order valence-corrected chi connectivity index (χ2v) is 4.10. The van der Waals surface area contributed by atoms with Crippen molar-refractivity contribution >= 4 is 0 Å². The molecule has 0 aromatic heterocycles. The highest BCUT2D eigenvalue weighted by Gasteiger charge is 2.14. The Balaban J connectivity index is 2.82. The zero-order valence-electron chi connectivity index (χ0n) is 10.8. The Morgan fingerprint density at radius 2 is 2.12 bits per heavy atom. The van der Waals surface area contributed by atoms with Gasteiger partial charge in [-0.3, -0.25) is 11.3 Å². The zero-order valence-corrected chi connectivity index (χ0v) is 10.8. The molecule has 1 unspecified atom stereocenters. The third-order valence-corrected chi connectivity index (χ3v) is 2.80. The molecule has 1 atom stereocenters. The number of benzene rings is 1. The minimum Gasteiger partial charge on any atom is -0.496 e. The lowest BCUT2D eigenvalue weighted by Gasteiger charge is -2.19. The summed E-state index contributed by atoms with van der Waals surface area (Å²) in [4.78, 5) is 0. The van der Waals surface area contributed by atoms with Crippen molar-refractivity contribution in [3.8, 4) is 5.75 Å². The van der Waals surface area contributed by atoms with Crippen LogP contribution < -0.4 is 16.0 Å². The molecule has 3 N–H and O–H groups in total. The molecule has 0 bridgehead atoms. The van der Waals surface area contributed by atoms with Gasteiger partial charge in [0.1, 0.15) is 5.75 Å². The lowest BCUT2D eigenvalue weighted by atomic mass is 10.00. The molecule has 0 saturated carbocycles. The van der Waals surface area contributed by atoms with E-state index in [4.69, 9.17) is 15.3 Å². The van der Waals surface area contributed by atoms with Crippen molar-refractivity contribution in [1.82, 2.24) is 5.43 Å². The molecule has 0 spiro atoms. The van der Waals surface area contributed by atoms with Gasteiger partial charge in [0.05, 0.1) is 7.11 Å². The van der Waals surface area contributed by atoms with E-state index >= 15 is 0 Å². The molecule has 0 saturated heterocycles. The van der Waals surface area contributed by atoms with Gasteiger partial charge in [0.15, 0.2) is 0 Å². The van der Waals surface area contributed by atoms with Crippen LogP contribution in [0.1, 0.15) is 30.0 Å². The summed E-state index contributed by atoms with van der Waals surface area (Å²) in [6.07, 6.45) is 1.88. The maximum atomic E-state index is 5.61. The van der Waals surface area contributed by atoms with E-state index in [2.05, 4.69) is 18.4 Å². The molecule has 0 aliphatic heterocycles. The first-order chi connectivity index (χ1) is 8.22. The van der Waals surface area contributed by atoms with Gasteiger partial charge in [0.2, 0.25) is 0 Å². The molecule has 0 fully saturated rings. The van der Waals surface area contributed by atoms with E-state index in [1.54, 1.807) is 14.2 Å². The molecule has 17 heavy (non-hydrogen) atoms. The summed E-state index contributed by atoms with van der Waals surface area (Å²) in [5.41, 5.74) is 5.15. The lowest BCUT2D eigenvalue weighted by Crippen LogP contribution is -2.28. The fourth-order valence-electron chi connectivity index (χ4n) is 1.89. The van der Waals surface area contributed by atoms with Crippen molar-refractivity contribution in [3.63, 3.8) is 0 Å². The Hall–Kier alpha value is -1.10. The normalized spacial score (nSPS) is 12.5. The number of hydrogen-bond acceptors (Lipinski definition) is 4. The van der Waals surface area contributed by atoms with Gasteiger partial charge in [-0.1, -0.05) is 17.7 Å². The summed E-state index contributed by atoms with van der Waals surface area (Å²) in [7, 11) is 3.38. The molecule has 0 aliphatic carbocycles. The Kier molecular flexibility index (Phi) is 5.97. The van der Waals surface area contributed by atoms with Crippen molar-refractivity contribution in [2.24, 2.45) is 5.84 Å². The minimum atomic E-state index is 0.0972. The number of hydrazine groups is 1. The number of nitrogens with one attached hydrogen (secondary N) is 1. The number of aryl methyl sites for hydroxylation is 1. The maximum absolute atomic E-state index is 5.61. The Labute approximate surface area is 103 Å². The first-order valence-electron chi connectivity index (χ1n) is 5.82. The van der Waals surface area contributed by atoms with E-state index in [0.717, 1.165) is 30.8 Å². The number of methoxy groups -OCH3 is 2. The van der Waals surface area contributed by atoms with Gasteiger partial charge in [0, 0.05) is 25.3 Å². The topological polar surface area (TPSA) is 56.5 Å². The highest BCUT2D eigenvalue weighted by Crippen LogP contribution is 2.28. The first-order valence-corrected chi connectivity index (χ1v) is 5.82. The van der Waals surface area contributed by atoms with Gasteiger partial charge >= 0.3 is 0 Å². The average Bonchev–Trinajstić information content (AvgIpc) is 2.35. The van der Waals surface area contributed by atoms with E-state index < -0.39 is 0 Å². The molecular formula is C13H22N2O2. The molecule has 1 rings (SSSR count). The van der Waals surface area contributed by atoms with E-state index in [-0.39, 0.29) is 6.04 Å². The summed E-state index contributed by atoms with van der Waals surface area (Å²) in [6.45, 7) is 2.80. The Bertz CT molecular complexity index is 342.